The van der Waals surface area contributed by atoms with E-state index in [0.717, 1.165) is 0 Å². The number of benzene rings is 2. The Morgan fingerprint density at radius 2 is 1.58 bits per heavy atom. The summed E-state index contributed by atoms with van der Waals surface area (Å²) in [4.78, 5) is 11.8. The summed E-state index contributed by atoms with van der Waals surface area (Å²) in [6.45, 7) is 1.85. The maximum Gasteiger partial charge on any atom is 0.261 e. The number of carbonyl (C=O) groups is 1. The molecule has 0 unspecified atom stereocenters. The fourth-order valence-corrected chi connectivity index (χ4v) is 2.93. The Kier molecular flexibility index (Phi) is 5.92. The second-order valence-electron chi connectivity index (χ2n) is 4.87. The molecular weight excluding hydrogens is 324 g/mol. The number of para-hydroxylation sites is 1. The maximum atomic E-state index is 12.3. The lowest BCUT2D eigenvalue weighted by Crippen LogP contribution is -2.13. The third kappa shape index (κ3) is 5.10. The highest BCUT2D eigenvalue weighted by Crippen LogP contribution is 2.18. The number of nitrogens with one attached hydrogen (secondary N) is 2. The summed E-state index contributed by atoms with van der Waals surface area (Å²) in [6, 6.07) is 14.6. The highest BCUT2D eigenvalue weighted by molar-refractivity contribution is 7.92. The summed E-state index contributed by atoms with van der Waals surface area (Å²) in [5.74, 6) is -0.286. The van der Waals surface area contributed by atoms with Gasteiger partial charge in [-0.3, -0.25) is 9.52 Å². The molecule has 0 radical (unpaired) electrons. The number of amides is 1. The van der Waals surface area contributed by atoms with Crippen LogP contribution >= 0.6 is 0 Å². The molecule has 6 heteroatoms. The molecule has 2 aromatic carbocycles. The fourth-order valence-electron chi connectivity index (χ4n) is 1.88. The van der Waals surface area contributed by atoms with Crippen LogP contribution in [0.5, 0.6) is 0 Å². The van der Waals surface area contributed by atoms with Crippen LogP contribution in [-0.4, -0.2) is 14.3 Å². The predicted molar refractivity (Wildman–Crippen MR) is 96.3 cm³/mol. The summed E-state index contributed by atoms with van der Waals surface area (Å²) < 4.78 is 27.1. The maximum absolute atomic E-state index is 12.3. The molecular formula is C18H18N2O3S. The van der Waals surface area contributed by atoms with Crippen molar-refractivity contribution >= 4 is 27.3 Å². The van der Waals surface area contributed by atoms with Crippen molar-refractivity contribution in [2.45, 2.75) is 11.8 Å². The summed E-state index contributed by atoms with van der Waals surface area (Å²) in [7, 11) is -3.66. The van der Waals surface area contributed by atoms with Crippen LogP contribution in [0.15, 0.2) is 83.8 Å². The smallest absolute Gasteiger partial charge is 0.261 e. The molecule has 0 aromatic heterocycles. The van der Waals surface area contributed by atoms with E-state index in [1.807, 2.05) is 13.0 Å². The van der Waals surface area contributed by atoms with Crippen LogP contribution in [0, 0.1) is 0 Å². The monoisotopic (exact) mass is 342 g/mol. The van der Waals surface area contributed by atoms with E-state index in [0.29, 0.717) is 11.4 Å². The second-order valence-corrected chi connectivity index (χ2v) is 6.55. The van der Waals surface area contributed by atoms with Gasteiger partial charge in [0.05, 0.1) is 4.90 Å². The summed E-state index contributed by atoms with van der Waals surface area (Å²) >= 11 is 0. The van der Waals surface area contributed by atoms with Crippen molar-refractivity contribution in [2.24, 2.45) is 0 Å². The number of sulfonamides is 1. The molecule has 0 heterocycles. The van der Waals surface area contributed by atoms with Crippen molar-refractivity contribution in [3.8, 4) is 0 Å². The van der Waals surface area contributed by atoms with E-state index in [-0.39, 0.29) is 10.8 Å². The Bertz CT molecular complexity index is 840. The van der Waals surface area contributed by atoms with Crippen molar-refractivity contribution in [3.63, 3.8) is 0 Å². The van der Waals surface area contributed by atoms with Gasteiger partial charge in [-0.1, -0.05) is 36.4 Å². The Morgan fingerprint density at radius 3 is 2.21 bits per heavy atom. The topological polar surface area (TPSA) is 75.3 Å². The van der Waals surface area contributed by atoms with Crippen molar-refractivity contribution in [1.29, 1.82) is 0 Å². The molecule has 0 saturated carbocycles. The van der Waals surface area contributed by atoms with E-state index in [1.54, 1.807) is 54.6 Å². The van der Waals surface area contributed by atoms with Crippen molar-refractivity contribution < 1.29 is 13.2 Å². The lowest BCUT2D eigenvalue weighted by Gasteiger charge is -2.09. The van der Waals surface area contributed by atoms with Gasteiger partial charge >= 0.3 is 0 Å². The predicted octanol–water partition coefficient (Wildman–Crippen LogP) is 3.56. The van der Waals surface area contributed by atoms with E-state index in [1.165, 1.54) is 18.2 Å². The van der Waals surface area contributed by atoms with Gasteiger partial charge in [-0.15, -0.1) is 0 Å². The lowest BCUT2D eigenvalue weighted by molar-refractivity contribution is -0.111. The van der Waals surface area contributed by atoms with E-state index >= 15 is 0 Å². The highest BCUT2D eigenvalue weighted by atomic mass is 32.2. The minimum absolute atomic E-state index is 0.119. The van der Waals surface area contributed by atoms with Gasteiger partial charge in [0.2, 0.25) is 5.91 Å². The third-order valence-electron chi connectivity index (χ3n) is 3.01. The lowest BCUT2D eigenvalue weighted by atomic mass is 10.3. The first-order valence-electron chi connectivity index (χ1n) is 7.29. The SMILES string of the molecule is C/C=C/C=C/C(=O)Nc1ccc(S(=O)(=O)Nc2ccccc2)cc1. The van der Waals surface area contributed by atoms with E-state index in [2.05, 4.69) is 10.0 Å². The molecule has 0 spiro atoms. The number of rotatable bonds is 6. The summed E-state index contributed by atoms with van der Waals surface area (Å²) in [5, 5.41) is 2.65. The molecule has 0 aliphatic rings. The Labute approximate surface area is 141 Å². The van der Waals surface area contributed by atoms with Gasteiger partial charge in [-0.2, -0.15) is 0 Å². The number of carbonyl (C=O) groups excluding carboxylic acids is 1. The number of hydrogen-bond acceptors (Lipinski definition) is 3. The molecule has 2 N–H and O–H groups in total. The summed E-state index contributed by atoms with van der Waals surface area (Å²) in [6.07, 6.45) is 6.56. The normalized spacial score (nSPS) is 11.7. The van der Waals surface area contributed by atoms with Gasteiger partial charge in [0, 0.05) is 17.5 Å². The van der Waals surface area contributed by atoms with Gasteiger partial charge in [0.25, 0.3) is 10.0 Å². The zero-order valence-electron chi connectivity index (χ0n) is 13.1. The Balaban J connectivity index is 2.07. The molecule has 0 bridgehead atoms. The zero-order chi connectivity index (χ0) is 17.4. The van der Waals surface area contributed by atoms with Gasteiger partial charge < -0.3 is 5.32 Å². The van der Waals surface area contributed by atoms with E-state index in [9.17, 15) is 13.2 Å². The van der Waals surface area contributed by atoms with Gasteiger partial charge in [0.1, 0.15) is 0 Å². The molecule has 0 aliphatic heterocycles. The van der Waals surface area contributed by atoms with Crippen LogP contribution in [0.3, 0.4) is 0 Å². The molecule has 24 heavy (non-hydrogen) atoms. The largest absolute Gasteiger partial charge is 0.323 e. The molecule has 2 aromatic rings. The molecule has 2 rings (SSSR count). The summed E-state index contributed by atoms with van der Waals surface area (Å²) in [5.41, 5.74) is 1.01. The Hall–Kier alpha value is -2.86. The first-order chi connectivity index (χ1) is 11.5. The molecule has 1 amide bonds. The molecule has 124 valence electrons. The minimum atomic E-state index is -3.66. The van der Waals surface area contributed by atoms with Crippen LogP contribution in [0.1, 0.15) is 6.92 Å². The van der Waals surface area contributed by atoms with Crippen molar-refractivity contribution in [2.75, 3.05) is 10.0 Å². The zero-order valence-corrected chi connectivity index (χ0v) is 14.0. The van der Waals surface area contributed by atoms with E-state index < -0.39 is 10.0 Å². The number of allylic oxidation sites excluding steroid dienone is 3. The van der Waals surface area contributed by atoms with Gasteiger partial charge in [-0.25, -0.2) is 8.42 Å². The van der Waals surface area contributed by atoms with Crippen LogP contribution in [-0.2, 0) is 14.8 Å². The number of hydrogen-bond donors (Lipinski definition) is 2. The molecule has 0 saturated heterocycles. The van der Waals surface area contributed by atoms with E-state index in [4.69, 9.17) is 0 Å². The quantitative estimate of drug-likeness (QED) is 0.622. The van der Waals surface area contributed by atoms with Crippen LogP contribution in [0.4, 0.5) is 11.4 Å². The first-order valence-corrected chi connectivity index (χ1v) is 8.78. The van der Waals surface area contributed by atoms with Gasteiger partial charge in [-0.05, 0) is 43.3 Å². The standard InChI is InChI=1S/C18H18N2O3S/c1-2-3-5-10-18(21)19-15-11-13-17(14-12-15)24(22,23)20-16-8-6-4-7-9-16/h2-14,20H,1H3,(H,19,21)/b3-2+,10-5+. The van der Waals surface area contributed by atoms with Crippen molar-refractivity contribution in [1.82, 2.24) is 0 Å². The van der Waals surface area contributed by atoms with Crippen molar-refractivity contribution in [3.05, 3.63) is 78.9 Å². The highest BCUT2D eigenvalue weighted by Gasteiger charge is 2.13. The second kappa shape index (κ2) is 8.12. The van der Waals surface area contributed by atoms with Crippen LogP contribution < -0.4 is 10.0 Å². The third-order valence-corrected chi connectivity index (χ3v) is 4.41. The van der Waals surface area contributed by atoms with Crippen LogP contribution in [0.2, 0.25) is 0 Å². The molecule has 5 nitrogen and oxygen atoms in total. The molecule has 0 aliphatic carbocycles. The first kappa shape index (κ1) is 17.5. The molecule has 0 fully saturated rings. The minimum Gasteiger partial charge on any atom is -0.323 e. The van der Waals surface area contributed by atoms with Crippen LogP contribution in [0.25, 0.3) is 0 Å². The fraction of sp³-hybridized carbons (Fsp3) is 0.0556. The molecule has 0 atom stereocenters. The average molecular weight is 342 g/mol. The van der Waals surface area contributed by atoms with Gasteiger partial charge in [0.15, 0.2) is 0 Å². The number of anilines is 2. The Morgan fingerprint density at radius 1 is 0.917 bits per heavy atom. The average Bonchev–Trinajstić information content (AvgIpc) is 2.56.